The third kappa shape index (κ3) is 11.9. The lowest BCUT2D eigenvalue weighted by Crippen LogP contribution is -2.32. The van der Waals surface area contributed by atoms with Crippen LogP contribution in [0.2, 0.25) is 0 Å². The Kier molecular flexibility index (Phi) is 15.6. The maximum atomic E-state index is 8.61. The van der Waals surface area contributed by atoms with Gasteiger partial charge in [0.05, 0.1) is 52.9 Å². The van der Waals surface area contributed by atoms with Crippen molar-refractivity contribution in [3.8, 4) is 45.2 Å². The second kappa shape index (κ2) is 28.3. The van der Waals surface area contributed by atoms with Crippen LogP contribution in [0.3, 0.4) is 0 Å². The molecule has 0 N–H and O–H groups in total. The van der Waals surface area contributed by atoms with Gasteiger partial charge in [0, 0.05) is 121 Å². The lowest BCUT2D eigenvalue weighted by Gasteiger charge is -2.12. The Bertz CT molecular complexity index is 8440. The fraction of sp³-hybridized carbons (Fsp3) is 0.143. The number of fused-ring (bicyclic) bond motifs is 19. The highest BCUT2D eigenvalue weighted by atomic mass is 16.4. The van der Waals surface area contributed by atoms with Gasteiger partial charge in [0.15, 0.2) is 34.0 Å². The minimum Gasteiger partial charge on any atom is -0.438 e. The van der Waals surface area contributed by atoms with Gasteiger partial charge in [-0.3, -0.25) is 0 Å². The number of aromatic nitrogens is 9. The van der Waals surface area contributed by atoms with Gasteiger partial charge in [-0.2, -0.15) is 9.13 Å². The van der Waals surface area contributed by atoms with Gasteiger partial charge in [-0.25, -0.2) is 33.6 Å². The number of hydrogen-bond donors (Lipinski definition) is 0. The Morgan fingerprint density at radius 2 is 0.788 bits per heavy atom. The van der Waals surface area contributed by atoms with Gasteiger partial charge in [0.2, 0.25) is 51.0 Å². The van der Waals surface area contributed by atoms with Crippen molar-refractivity contribution >= 4 is 165 Å². The molecule has 12 heterocycles. The fourth-order valence-corrected chi connectivity index (χ4v) is 17.7. The molecule has 0 spiro atoms. The monoisotopic (exact) mass is 1540 g/mol. The number of nitrogens with zero attached hydrogens (tertiary/aromatic N) is 9. The van der Waals surface area contributed by atoms with Crippen LogP contribution in [0.4, 0.5) is 0 Å². The summed E-state index contributed by atoms with van der Waals surface area (Å²) in [5.41, 5.74) is 26.7. The molecule has 0 aliphatic heterocycles. The topological polar surface area (TPSA) is 125 Å². The summed E-state index contributed by atoms with van der Waals surface area (Å²) in [5, 5.41) is 13.8. The van der Waals surface area contributed by atoms with Crippen molar-refractivity contribution in [3.05, 3.63) is 312 Å². The molecule has 11 aromatic carbocycles. The maximum absolute atomic E-state index is 8.61. The molecule has 0 amide bonds. The largest absolute Gasteiger partial charge is 0.438 e. The minimum absolute atomic E-state index is 0.298. The number of benzene rings is 11. The SMILES string of the molecule is Cc1cc2c(cc1-c1cccc[n+]1C)oc1nc3ccccc3cc12.Cc1ccc2c(oc3nc4ccccc4cc32)c1-c1n(C)c2ccccc2[n+]1C.[2H]C([2H])([2H])c1cc2c(oc3nc4ccccc4cc32)c(-c2ccc3c(C([2H])(C)C)cccc3[n+]2C)c1C.[2H]C([2H])([2H])c1cc2c(oc3nc4ccccc4cc32)c(-c2ccc3c(C)cccc3[n+]2C)c1C. The first kappa shape index (κ1) is 65.0. The second-order valence-electron chi connectivity index (χ2n) is 31.4. The summed E-state index contributed by atoms with van der Waals surface area (Å²) in [6.07, 6.45) is 2.06. The van der Waals surface area contributed by atoms with Crippen LogP contribution in [-0.4, -0.2) is 24.5 Å². The molecule has 0 atom stereocenters. The summed E-state index contributed by atoms with van der Waals surface area (Å²) >= 11 is 0. The molecular formula is C105H87N9O4+4. The van der Waals surface area contributed by atoms with Crippen LogP contribution in [-0.2, 0) is 35.2 Å². The number of rotatable bonds is 5. The Morgan fingerprint density at radius 3 is 1.31 bits per heavy atom. The fourth-order valence-electron chi connectivity index (χ4n) is 17.7. The van der Waals surface area contributed by atoms with Crippen LogP contribution >= 0.6 is 0 Å². The van der Waals surface area contributed by atoms with Crippen LogP contribution in [0.15, 0.2) is 285 Å². The van der Waals surface area contributed by atoms with Crippen molar-refractivity contribution in [2.45, 2.75) is 68.1 Å². The summed E-state index contributed by atoms with van der Waals surface area (Å²) in [5.74, 6) is 0.364. The molecule has 0 aliphatic rings. The zero-order chi connectivity index (χ0) is 86.7. The number of furan rings is 4. The van der Waals surface area contributed by atoms with Gasteiger partial charge in [-0.1, -0.05) is 135 Å². The summed E-state index contributed by atoms with van der Waals surface area (Å²) < 4.78 is 94.2. The van der Waals surface area contributed by atoms with Gasteiger partial charge in [-0.05, 0) is 202 Å². The number of pyridine rings is 7. The smallest absolute Gasteiger partial charge is 0.293 e. The maximum Gasteiger partial charge on any atom is 0.293 e. The summed E-state index contributed by atoms with van der Waals surface area (Å²) in [6.45, 7) is 9.32. The third-order valence-corrected chi connectivity index (χ3v) is 24.0. The summed E-state index contributed by atoms with van der Waals surface area (Å²) in [4.78, 5) is 19.0. The molecule has 0 fully saturated rings. The van der Waals surface area contributed by atoms with E-state index in [0.29, 0.717) is 56.3 Å². The molecule has 0 saturated carbocycles. The lowest BCUT2D eigenvalue weighted by atomic mass is 9.94. The zero-order valence-corrected chi connectivity index (χ0v) is 67.6. The highest BCUT2D eigenvalue weighted by Gasteiger charge is 2.31. The van der Waals surface area contributed by atoms with Crippen LogP contribution < -0.4 is 18.3 Å². The van der Waals surface area contributed by atoms with Gasteiger partial charge in [-0.15, -0.1) is 0 Å². The van der Waals surface area contributed by atoms with E-state index >= 15 is 0 Å². The van der Waals surface area contributed by atoms with E-state index in [9.17, 15) is 0 Å². The highest BCUT2D eigenvalue weighted by molar-refractivity contribution is 6.15. The number of hydrogen-bond acceptors (Lipinski definition) is 8. The van der Waals surface area contributed by atoms with E-state index in [4.69, 9.17) is 47.2 Å². The average molecular weight is 1550 g/mol. The Balaban J connectivity index is 0.000000106. The summed E-state index contributed by atoms with van der Waals surface area (Å²) in [7, 11) is 10.3. The standard InChI is InChI=1S/C30H27N2O.C28H23N2O.C25H20N3O.C22H17N2O/c1-17(2)21-10-8-12-26-22(21)13-14-27(32(26)5)28-19(4)18(3)15-23-24-16-20-9-6-7-11-25(20)31-30(24)33-29(23)28;1-16-8-7-11-24-20(16)12-13-25(30(24)4)26-18(3)17(2)14-21-22-15-19-9-5-6-10-23(19)29-28(22)31-27(21)26;1-15-12-13-17-18-14-16-8-4-5-9-19(16)26-24(18)29-23(17)22(15)25-27(2)20-10-6-7-11-21(20)28(25)3;1-14-11-17-18-12-15-7-3-4-8-19(15)23-22(18)25-21(17)13-16(14)20-9-5-6-10-24(20)2/h6-17H,1-5H3;5-15H,1-4H3;4-14H,1-3H3;3-13H,1-2H3/q4*+1/i3D3,17D;2D3;;. The van der Waals surface area contributed by atoms with Gasteiger partial charge in [0.25, 0.3) is 5.82 Å². The predicted octanol–water partition coefficient (Wildman–Crippen LogP) is 24.6. The first-order chi connectivity index (χ1) is 60.0. The Hall–Kier alpha value is -14.3. The average Bonchev–Trinajstić information content (AvgIpc) is 1.70. The van der Waals surface area contributed by atoms with Gasteiger partial charge < -0.3 is 17.7 Å². The van der Waals surface area contributed by atoms with Crippen molar-refractivity contribution in [2.75, 3.05) is 0 Å². The molecule has 23 rings (SSSR count). The van der Waals surface area contributed by atoms with E-state index in [2.05, 4.69) is 180 Å². The molecule has 118 heavy (non-hydrogen) atoms. The molecule has 13 heteroatoms. The molecular weight excluding hydrogens is 1450 g/mol. The van der Waals surface area contributed by atoms with Crippen LogP contribution in [0.25, 0.3) is 210 Å². The first-order valence-corrected chi connectivity index (χ1v) is 39.7. The first-order valence-electron chi connectivity index (χ1n) is 43.2. The number of aryl methyl sites for hydroxylation is 10. The van der Waals surface area contributed by atoms with Crippen molar-refractivity contribution < 1.29 is 45.5 Å². The van der Waals surface area contributed by atoms with Crippen molar-refractivity contribution in [1.29, 1.82) is 0 Å². The van der Waals surface area contributed by atoms with E-state index in [1.165, 1.54) is 39.0 Å². The normalized spacial score (nSPS) is 13.1. The molecule has 0 bridgehead atoms. The zero-order valence-electron chi connectivity index (χ0n) is 74.6. The van der Waals surface area contributed by atoms with E-state index in [1.54, 1.807) is 12.1 Å². The molecule has 0 unspecified atom stereocenters. The third-order valence-electron chi connectivity index (χ3n) is 24.0. The van der Waals surface area contributed by atoms with Gasteiger partial charge >= 0.3 is 0 Å². The predicted molar refractivity (Wildman–Crippen MR) is 481 cm³/mol. The van der Waals surface area contributed by atoms with Crippen LogP contribution in [0.5, 0.6) is 0 Å². The molecule has 572 valence electrons. The molecule has 0 aliphatic carbocycles. The molecule has 23 aromatic rings. The number of imidazole rings is 1. The molecule has 0 saturated heterocycles. The van der Waals surface area contributed by atoms with Gasteiger partial charge in [0.1, 0.15) is 32.3 Å². The minimum atomic E-state index is -2.29. The molecule has 12 aromatic heterocycles. The molecule has 13 nitrogen and oxygen atoms in total. The van der Waals surface area contributed by atoms with Crippen LogP contribution in [0.1, 0.15) is 73.8 Å². The van der Waals surface area contributed by atoms with E-state index < -0.39 is 19.6 Å². The number of para-hydroxylation sites is 6. The second-order valence-corrected chi connectivity index (χ2v) is 31.4. The lowest BCUT2D eigenvalue weighted by molar-refractivity contribution is -0.660. The Morgan fingerprint density at radius 1 is 0.347 bits per heavy atom. The molecule has 0 radical (unpaired) electrons. The van der Waals surface area contributed by atoms with Crippen molar-refractivity contribution in [2.24, 2.45) is 35.2 Å². The van der Waals surface area contributed by atoms with E-state index in [-0.39, 0.29) is 0 Å². The van der Waals surface area contributed by atoms with Crippen molar-refractivity contribution in [3.63, 3.8) is 0 Å². The van der Waals surface area contributed by atoms with Crippen LogP contribution in [0, 0.1) is 48.3 Å². The quantitative estimate of drug-likeness (QED) is 0.156. The van der Waals surface area contributed by atoms with Crippen molar-refractivity contribution in [1.82, 2.24) is 24.5 Å². The van der Waals surface area contributed by atoms with E-state index in [1.807, 2.05) is 181 Å². The Labute approximate surface area is 691 Å². The highest BCUT2D eigenvalue weighted by Crippen LogP contribution is 2.44. The summed E-state index contributed by atoms with van der Waals surface area (Å²) in [6, 6.07) is 87.7. The van der Waals surface area contributed by atoms with E-state index in [0.717, 1.165) is 159 Å².